The number of esters is 1. The van der Waals surface area contributed by atoms with Gasteiger partial charge in [-0.1, -0.05) is 17.3 Å². The molecule has 0 fully saturated rings. The van der Waals surface area contributed by atoms with Crippen LogP contribution in [0, 0.1) is 0 Å². The van der Waals surface area contributed by atoms with Crippen LogP contribution in [-0.4, -0.2) is 29.9 Å². The van der Waals surface area contributed by atoms with E-state index in [1.54, 1.807) is 19.1 Å². The first-order chi connectivity index (χ1) is 12.2. The summed E-state index contributed by atoms with van der Waals surface area (Å²) in [6.07, 6.45) is 1.77. The van der Waals surface area contributed by atoms with Crippen LogP contribution in [-0.2, 0) is 9.57 Å². The summed E-state index contributed by atoms with van der Waals surface area (Å²) in [7, 11) is 0. The predicted octanol–water partition coefficient (Wildman–Crippen LogP) is 3.52. The fourth-order valence-corrected chi connectivity index (χ4v) is 2.61. The molecule has 0 N–H and O–H groups in total. The van der Waals surface area contributed by atoms with E-state index < -0.39 is 0 Å². The average Bonchev–Trinajstić information content (AvgIpc) is 2.66. The van der Waals surface area contributed by atoms with Gasteiger partial charge in [-0.15, -0.1) is 0 Å². The molecule has 1 aromatic heterocycles. The van der Waals surface area contributed by atoms with E-state index >= 15 is 0 Å². The standard InChI is InChI=1S/C19H20N2O4/c1-3-23-19(22)13-9-10-15(20-12-13)18-11-16(21-24-4-2)14-7-5-6-8-17(14)25-18/h5-10,12,18H,3-4,11H2,1-2H3. The first-order valence-corrected chi connectivity index (χ1v) is 8.30. The van der Waals surface area contributed by atoms with Crippen LogP contribution in [0.15, 0.2) is 47.8 Å². The van der Waals surface area contributed by atoms with Crippen LogP contribution in [0.5, 0.6) is 5.75 Å². The number of hydrogen-bond acceptors (Lipinski definition) is 6. The lowest BCUT2D eigenvalue weighted by Crippen LogP contribution is -2.22. The fourth-order valence-electron chi connectivity index (χ4n) is 2.61. The molecule has 0 saturated carbocycles. The highest BCUT2D eigenvalue weighted by molar-refractivity contribution is 6.03. The number of rotatable bonds is 5. The minimum Gasteiger partial charge on any atom is -0.483 e. The van der Waals surface area contributed by atoms with Crippen LogP contribution in [0.2, 0.25) is 0 Å². The molecule has 2 aromatic rings. The molecule has 0 spiro atoms. The molecular formula is C19H20N2O4. The third-order valence-electron chi connectivity index (χ3n) is 3.78. The predicted molar refractivity (Wildman–Crippen MR) is 92.8 cm³/mol. The van der Waals surface area contributed by atoms with Crippen molar-refractivity contribution in [1.29, 1.82) is 0 Å². The Bertz CT molecular complexity index is 771. The van der Waals surface area contributed by atoms with E-state index in [0.717, 1.165) is 22.7 Å². The Morgan fingerprint density at radius 1 is 1.24 bits per heavy atom. The number of carbonyl (C=O) groups excluding carboxylic acids is 1. The number of ether oxygens (including phenoxy) is 2. The lowest BCUT2D eigenvalue weighted by atomic mass is 9.98. The number of pyridine rings is 1. The van der Waals surface area contributed by atoms with Crippen LogP contribution >= 0.6 is 0 Å². The van der Waals surface area contributed by atoms with Gasteiger partial charge in [-0.05, 0) is 38.1 Å². The van der Waals surface area contributed by atoms with Gasteiger partial charge in [-0.3, -0.25) is 4.98 Å². The van der Waals surface area contributed by atoms with Crippen molar-refractivity contribution < 1.29 is 19.1 Å². The average molecular weight is 340 g/mol. The quantitative estimate of drug-likeness (QED) is 0.615. The van der Waals surface area contributed by atoms with Crippen LogP contribution in [0.1, 0.15) is 48.0 Å². The molecule has 6 heteroatoms. The number of nitrogens with zero attached hydrogens (tertiary/aromatic N) is 2. The van der Waals surface area contributed by atoms with Crippen molar-refractivity contribution in [3.63, 3.8) is 0 Å². The number of benzene rings is 1. The van der Waals surface area contributed by atoms with E-state index in [9.17, 15) is 4.79 Å². The molecule has 1 atom stereocenters. The number of oxime groups is 1. The maximum atomic E-state index is 11.7. The second-order valence-corrected chi connectivity index (χ2v) is 5.45. The number of fused-ring (bicyclic) bond motifs is 1. The van der Waals surface area contributed by atoms with Crippen molar-refractivity contribution in [2.45, 2.75) is 26.4 Å². The Balaban J connectivity index is 1.85. The molecular weight excluding hydrogens is 320 g/mol. The highest BCUT2D eigenvalue weighted by Crippen LogP contribution is 2.34. The van der Waals surface area contributed by atoms with Crippen molar-refractivity contribution in [3.8, 4) is 5.75 Å². The van der Waals surface area contributed by atoms with Crippen LogP contribution in [0.4, 0.5) is 0 Å². The highest BCUT2D eigenvalue weighted by Gasteiger charge is 2.27. The summed E-state index contributed by atoms with van der Waals surface area (Å²) in [4.78, 5) is 21.4. The van der Waals surface area contributed by atoms with Crippen molar-refractivity contribution in [2.75, 3.05) is 13.2 Å². The van der Waals surface area contributed by atoms with Crippen LogP contribution in [0.25, 0.3) is 0 Å². The molecule has 25 heavy (non-hydrogen) atoms. The number of para-hydroxylation sites is 1. The highest BCUT2D eigenvalue weighted by atomic mass is 16.6. The van der Waals surface area contributed by atoms with Crippen molar-refractivity contribution in [1.82, 2.24) is 4.98 Å². The zero-order valence-electron chi connectivity index (χ0n) is 14.3. The summed E-state index contributed by atoms with van der Waals surface area (Å²) in [6.45, 7) is 4.50. The summed E-state index contributed by atoms with van der Waals surface area (Å²) in [5, 5.41) is 4.22. The van der Waals surface area contributed by atoms with Crippen LogP contribution in [0.3, 0.4) is 0 Å². The summed E-state index contributed by atoms with van der Waals surface area (Å²) in [5.41, 5.74) is 2.90. The Morgan fingerprint density at radius 2 is 2.08 bits per heavy atom. The van der Waals surface area contributed by atoms with Gasteiger partial charge in [-0.2, -0.15) is 0 Å². The lowest BCUT2D eigenvalue weighted by molar-refractivity contribution is 0.0525. The van der Waals surface area contributed by atoms with Gasteiger partial charge in [0.25, 0.3) is 0 Å². The molecule has 1 aromatic carbocycles. The molecule has 1 aliphatic heterocycles. The zero-order valence-corrected chi connectivity index (χ0v) is 14.3. The maximum Gasteiger partial charge on any atom is 0.339 e. The molecule has 6 nitrogen and oxygen atoms in total. The summed E-state index contributed by atoms with van der Waals surface area (Å²) >= 11 is 0. The topological polar surface area (TPSA) is 70.0 Å². The van der Waals surface area contributed by atoms with E-state index in [4.69, 9.17) is 14.3 Å². The monoisotopic (exact) mass is 340 g/mol. The van der Waals surface area contributed by atoms with Crippen molar-refractivity contribution in [3.05, 3.63) is 59.4 Å². The third kappa shape index (κ3) is 3.79. The van der Waals surface area contributed by atoms with Crippen LogP contribution < -0.4 is 4.74 Å². The Morgan fingerprint density at radius 3 is 2.80 bits per heavy atom. The molecule has 0 radical (unpaired) electrons. The van der Waals surface area contributed by atoms with Gasteiger partial charge in [0.05, 0.1) is 23.6 Å². The number of carbonyl (C=O) groups is 1. The number of aromatic nitrogens is 1. The minimum absolute atomic E-state index is 0.287. The maximum absolute atomic E-state index is 11.7. The van der Waals surface area contributed by atoms with Gasteiger partial charge in [0.15, 0.2) is 0 Å². The van der Waals surface area contributed by atoms with Gasteiger partial charge >= 0.3 is 5.97 Å². The van der Waals surface area contributed by atoms with E-state index in [0.29, 0.717) is 25.2 Å². The Hall–Kier alpha value is -2.89. The molecule has 0 aliphatic carbocycles. The van der Waals surface area contributed by atoms with E-state index in [1.165, 1.54) is 6.20 Å². The van der Waals surface area contributed by atoms with Gasteiger partial charge < -0.3 is 14.3 Å². The Kier molecular flexibility index (Phi) is 5.28. The minimum atomic E-state index is -0.380. The van der Waals surface area contributed by atoms with Gasteiger partial charge in [0.1, 0.15) is 18.5 Å². The van der Waals surface area contributed by atoms with Gasteiger partial charge in [-0.25, -0.2) is 4.79 Å². The van der Waals surface area contributed by atoms with Crippen molar-refractivity contribution in [2.24, 2.45) is 5.16 Å². The van der Waals surface area contributed by atoms with E-state index in [1.807, 2.05) is 31.2 Å². The molecule has 0 saturated heterocycles. The van der Waals surface area contributed by atoms with Gasteiger partial charge in [0, 0.05) is 18.2 Å². The van der Waals surface area contributed by atoms with Gasteiger partial charge in [0.2, 0.25) is 0 Å². The summed E-state index contributed by atoms with van der Waals surface area (Å²) < 4.78 is 11.0. The smallest absolute Gasteiger partial charge is 0.339 e. The normalized spacial score (nSPS) is 17.5. The fraction of sp³-hybridized carbons (Fsp3) is 0.316. The Labute approximate surface area is 146 Å². The molecule has 0 amide bonds. The summed E-state index contributed by atoms with van der Waals surface area (Å²) in [6, 6.07) is 11.2. The first-order valence-electron chi connectivity index (χ1n) is 8.30. The molecule has 1 aliphatic rings. The molecule has 1 unspecified atom stereocenters. The largest absolute Gasteiger partial charge is 0.483 e. The summed E-state index contributed by atoms with van der Waals surface area (Å²) in [5.74, 6) is 0.364. The van der Waals surface area contributed by atoms with E-state index in [2.05, 4.69) is 10.1 Å². The lowest BCUT2D eigenvalue weighted by Gasteiger charge is -2.26. The zero-order chi connectivity index (χ0) is 17.6. The molecule has 2 heterocycles. The third-order valence-corrected chi connectivity index (χ3v) is 3.78. The number of hydrogen-bond donors (Lipinski definition) is 0. The van der Waals surface area contributed by atoms with E-state index in [-0.39, 0.29) is 12.1 Å². The molecule has 130 valence electrons. The first kappa shape index (κ1) is 17.0. The second kappa shape index (κ2) is 7.79. The molecule has 0 bridgehead atoms. The SMILES string of the molecule is CCON=C1CC(c2ccc(C(=O)OCC)cn2)Oc2ccccc21. The second-order valence-electron chi connectivity index (χ2n) is 5.45. The van der Waals surface area contributed by atoms with Crippen molar-refractivity contribution >= 4 is 11.7 Å². The molecule has 3 rings (SSSR count).